The van der Waals surface area contributed by atoms with E-state index in [1.165, 1.54) is 42.5 Å². The van der Waals surface area contributed by atoms with Crippen LogP contribution in [0, 0.1) is 13.8 Å². The zero-order valence-electron chi connectivity index (χ0n) is 12.7. The fourth-order valence-corrected chi connectivity index (χ4v) is 3.60. The van der Waals surface area contributed by atoms with E-state index < -0.39 is 0 Å². The van der Waals surface area contributed by atoms with Crippen LogP contribution in [0.3, 0.4) is 0 Å². The number of benzene rings is 1. The van der Waals surface area contributed by atoms with Gasteiger partial charge in [-0.25, -0.2) is 0 Å². The number of rotatable bonds is 4. The molecule has 1 aliphatic rings. The fourth-order valence-electron chi connectivity index (χ4n) is 3.60. The van der Waals surface area contributed by atoms with Crippen LogP contribution in [0.25, 0.3) is 0 Å². The number of nitrogens with two attached hydrogens (primary N) is 1. The van der Waals surface area contributed by atoms with Gasteiger partial charge in [-0.15, -0.1) is 0 Å². The summed E-state index contributed by atoms with van der Waals surface area (Å²) in [6, 6.07) is 7.53. The molecular formula is C17H28N2. The molecule has 2 atom stereocenters. The number of hydrogen-bond donors (Lipinski definition) is 1. The molecule has 1 aromatic carbocycles. The molecule has 1 aromatic rings. The van der Waals surface area contributed by atoms with Crippen molar-refractivity contribution >= 4 is 0 Å². The molecular weight excluding hydrogens is 232 g/mol. The maximum atomic E-state index is 6.13. The monoisotopic (exact) mass is 260 g/mol. The summed E-state index contributed by atoms with van der Waals surface area (Å²) in [5, 5.41) is 0. The van der Waals surface area contributed by atoms with E-state index in [9.17, 15) is 0 Å². The summed E-state index contributed by atoms with van der Waals surface area (Å²) >= 11 is 0. The summed E-state index contributed by atoms with van der Waals surface area (Å²) in [5.41, 5.74) is 10.3. The second-order valence-electron chi connectivity index (χ2n) is 5.95. The third-order valence-electron chi connectivity index (χ3n) is 4.46. The minimum absolute atomic E-state index is 0.485. The summed E-state index contributed by atoms with van der Waals surface area (Å²) in [4.78, 5) is 2.62. The summed E-state index contributed by atoms with van der Waals surface area (Å²) in [6.45, 7) is 9.77. The van der Waals surface area contributed by atoms with E-state index >= 15 is 0 Å². The molecule has 0 spiro atoms. The molecule has 1 heterocycles. The van der Waals surface area contributed by atoms with Crippen molar-refractivity contribution < 1.29 is 0 Å². The first-order valence-corrected chi connectivity index (χ1v) is 7.68. The molecule has 1 saturated heterocycles. The fraction of sp³-hybridized carbons (Fsp3) is 0.647. The third-order valence-corrected chi connectivity index (χ3v) is 4.46. The standard InChI is InChI=1S/C17H28N2/c1-4-19-8-6-5-7-17(19)16(12-18)15-10-13(2)9-14(3)11-15/h9-11,16-17H,4-8,12,18H2,1-3H3. The van der Waals surface area contributed by atoms with Crippen LogP contribution in [0.1, 0.15) is 48.8 Å². The van der Waals surface area contributed by atoms with E-state index in [4.69, 9.17) is 5.73 Å². The Morgan fingerprint density at radius 3 is 2.47 bits per heavy atom. The van der Waals surface area contributed by atoms with Gasteiger partial charge in [0.05, 0.1) is 0 Å². The number of piperidine rings is 1. The first-order valence-electron chi connectivity index (χ1n) is 7.68. The molecule has 0 amide bonds. The SMILES string of the molecule is CCN1CCCCC1C(CN)c1cc(C)cc(C)c1. The predicted octanol–water partition coefficient (Wildman–Crippen LogP) is 3.22. The molecule has 19 heavy (non-hydrogen) atoms. The largest absolute Gasteiger partial charge is 0.330 e. The second-order valence-corrected chi connectivity index (χ2v) is 5.95. The minimum Gasteiger partial charge on any atom is -0.330 e. The lowest BCUT2D eigenvalue weighted by molar-refractivity contribution is 0.134. The normalized spacial score (nSPS) is 22.4. The van der Waals surface area contributed by atoms with Gasteiger partial charge < -0.3 is 10.6 Å². The van der Waals surface area contributed by atoms with Gasteiger partial charge in [-0.2, -0.15) is 0 Å². The maximum Gasteiger partial charge on any atom is 0.0176 e. The van der Waals surface area contributed by atoms with E-state index in [1.54, 1.807) is 0 Å². The molecule has 1 fully saturated rings. The van der Waals surface area contributed by atoms with Gasteiger partial charge in [0.25, 0.3) is 0 Å². The molecule has 2 heteroatoms. The molecule has 106 valence electrons. The Hall–Kier alpha value is -0.860. The highest BCUT2D eigenvalue weighted by atomic mass is 15.2. The molecule has 0 aromatic heterocycles. The Kier molecular flexibility index (Phi) is 5.00. The smallest absolute Gasteiger partial charge is 0.0176 e. The second kappa shape index (κ2) is 6.53. The summed E-state index contributed by atoms with van der Waals surface area (Å²) in [5.74, 6) is 0.485. The van der Waals surface area contributed by atoms with Crippen molar-refractivity contribution in [2.45, 2.75) is 52.0 Å². The molecule has 1 aliphatic heterocycles. The van der Waals surface area contributed by atoms with Crippen LogP contribution >= 0.6 is 0 Å². The molecule has 0 radical (unpaired) electrons. The molecule has 2 unspecified atom stereocenters. The Morgan fingerprint density at radius 2 is 1.89 bits per heavy atom. The van der Waals surface area contributed by atoms with Crippen molar-refractivity contribution in [2.75, 3.05) is 19.6 Å². The molecule has 2 rings (SSSR count). The van der Waals surface area contributed by atoms with Gasteiger partial charge in [-0.05, 0) is 45.3 Å². The molecule has 0 bridgehead atoms. The zero-order valence-corrected chi connectivity index (χ0v) is 12.7. The van der Waals surface area contributed by atoms with E-state index in [0.29, 0.717) is 12.0 Å². The van der Waals surface area contributed by atoms with Crippen molar-refractivity contribution in [1.29, 1.82) is 0 Å². The highest BCUT2D eigenvalue weighted by molar-refractivity contribution is 5.32. The molecule has 0 saturated carbocycles. The van der Waals surface area contributed by atoms with E-state index in [2.05, 4.69) is 43.9 Å². The van der Waals surface area contributed by atoms with Gasteiger partial charge in [0.15, 0.2) is 0 Å². The van der Waals surface area contributed by atoms with Crippen molar-refractivity contribution in [3.05, 3.63) is 34.9 Å². The van der Waals surface area contributed by atoms with Crippen LogP contribution in [-0.4, -0.2) is 30.6 Å². The quantitative estimate of drug-likeness (QED) is 0.900. The van der Waals surface area contributed by atoms with Gasteiger partial charge in [-0.1, -0.05) is 42.7 Å². The average molecular weight is 260 g/mol. The lowest BCUT2D eigenvalue weighted by Gasteiger charge is -2.40. The zero-order chi connectivity index (χ0) is 13.8. The molecule has 2 nitrogen and oxygen atoms in total. The summed E-state index contributed by atoms with van der Waals surface area (Å²) in [7, 11) is 0. The van der Waals surface area contributed by atoms with Crippen LogP contribution in [-0.2, 0) is 0 Å². The third kappa shape index (κ3) is 3.37. The Labute approximate surface area is 118 Å². The first kappa shape index (κ1) is 14.5. The Morgan fingerprint density at radius 1 is 1.21 bits per heavy atom. The van der Waals surface area contributed by atoms with Gasteiger partial charge in [0.1, 0.15) is 0 Å². The van der Waals surface area contributed by atoms with Crippen molar-refractivity contribution in [1.82, 2.24) is 4.90 Å². The Bertz CT molecular complexity index is 393. The van der Waals surface area contributed by atoms with Gasteiger partial charge in [-0.3, -0.25) is 0 Å². The summed E-state index contributed by atoms with van der Waals surface area (Å²) < 4.78 is 0. The summed E-state index contributed by atoms with van der Waals surface area (Å²) in [6.07, 6.45) is 3.99. The number of hydrogen-bond acceptors (Lipinski definition) is 2. The molecule has 0 aliphatic carbocycles. The average Bonchev–Trinajstić information content (AvgIpc) is 2.39. The number of likely N-dealkylation sites (N-methyl/N-ethyl adjacent to an activating group) is 1. The van der Waals surface area contributed by atoms with Crippen LogP contribution in [0.2, 0.25) is 0 Å². The van der Waals surface area contributed by atoms with Crippen molar-refractivity contribution in [3.63, 3.8) is 0 Å². The van der Waals surface area contributed by atoms with Gasteiger partial charge in [0.2, 0.25) is 0 Å². The van der Waals surface area contributed by atoms with Crippen molar-refractivity contribution in [3.8, 4) is 0 Å². The van der Waals surface area contributed by atoms with E-state index in [0.717, 1.165) is 13.1 Å². The maximum absolute atomic E-state index is 6.13. The lowest BCUT2D eigenvalue weighted by atomic mass is 9.84. The van der Waals surface area contributed by atoms with Crippen LogP contribution < -0.4 is 5.73 Å². The predicted molar refractivity (Wildman–Crippen MR) is 82.6 cm³/mol. The van der Waals surface area contributed by atoms with E-state index in [-0.39, 0.29) is 0 Å². The highest BCUT2D eigenvalue weighted by Crippen LogP contribution is 2.30. The lowest BCUT2D eigenvalue weighted by Crippen LogP contribution is -2.45. The van der Waals surface area contributed by atoms with E-state index in [1.807, 2.05) is 0 Å². The minimum atomic E-state index is 0.485. The Balaban J connectivity index is 2.27. The first-order chi connectivity index (χ1) is 9.15. The van der Waals surface area contributed by atoms with Crippen LogP contribution in [0.15, 0.2) is 18.2 Å². The molecule has 2 N–H and O–H groups in total. The number of likely N-dealkylation sites (tertiary alicyclic amines) is 1. The number of nitrogens with zero attached hydrogens (tertiary/aromatic N) is 1. The van der Waals surface area contributed by atoms with Crippen LogP contribution in [0.5, 0.6) is 0 Å². The van der Waals surface area contributed by atoms with Gasteiger partial charge >= 0.3 is 0 Å². The van der Waals surface area contributed by atoms with Crippen LogP contribution in [0.4, 0.5) is 0 Å². The van der Waals surface area contributed by atoms with Gasteiger partial charge in [0, 0.05) is 18.5 Å². The number of aryl methyl sites for hydroxylation is 2. The topological polar surface area (TPSA) is 29.3 Å². The van der Waals surface area contributed by atoms with Crippen molar-refractivity contribution in [2.24, 2.45) is 5.73 Å². The highest BCUT2D eigenvalue weighted by Gasteiger charge is 2.29.